The van der Waals surface area contributed by atoms with Gasteiger partial charge >= 0.3 is 5.97 Å². The molecule has 1 aromatic heterocycles. The molecule has 2 rings (SSSR count). The van der Waals surface area contributed by atoms with Gasteiger partial charge in [-0.25, -0.2) is 18.3 Å². The Morgan fingerprint density at radius 3 is 2.52 bits per heavy atom. The molecule has 0 aliphatic carbocycles. The minimum absolute atomic E-state index is 0.186. The Morgan fingerprint density at radius 1 is 1.28 bits per heavy atom. The van der Waals surface area contributed by atoms with Crippen molar-refractivity contribution in [3.05, 3.63) is 47.8 Å². The van der Waals surface area contributed by atoms with Crippen LogP contribution in [0.2, 0.25) is 0 Å². The molecular formula is C17H19F2N3O3. The lowest BCUT2D eigenvalue weighted by Gasteiger charge is -2.14. The van der Waals surface area contributed by atoms with Crippen molar-refractivity contribution in [1.29, 1.82) is 0 Å². The molecule has 1 aromatic carbocycles. The molecule has 0 spiro atoms. The number of carbonyl (C=O) groups is 2. The van der Waals surface area contributed by atoms with Crippen LogP contribution in [0.1, 0.15) is 35.8 Å². The molecule has 1 heterocycles. The fourth-order valence-electron chi connectivity index (χ4n) is 2.47. The molecule has 8 heteroatoms. The number of hydrogen-bond acceptors (Lipinski definition) is 3. The summed E-state index contributed by atoms with van der Waals surface area (Å²) in [5, 5.41) is 15.4. The maximum absolute atomic E-state index is 12.5. The normalized spacial score (nSPS) is 12.2. The van der Waals surface area contributed by atoms with Crippen molar-refractivity contribution in [1.82, 2.24) is 15.1 Å². The third kappa shape index (κ3) is 4.62. The average molecular weight is 351 g/mol. The van der Waals surface area contributed by atoms with Crippen LogP contribution in [0.3, 0.4) is 0 Å². The Balaban J connectivity index is 2.30. The molecule has 0 radical (unpaired) electrons. The smallest absolute Gasteiger partial charge is 0.326 e. The van der Waals surface area contributed by atoms with Crippen LogP contribution in [0.5, 0.6) is 0 Å². The molecule has 0 aliphatic rings. The second kappa shape index (κ2) is 8.36. The Morgan fingerprint density at radius 2 is 1.96 bits per heavy atom. The highest BCUT2D eigenvalue weighted by Crippen LogP contribution is 2.17. The van der Waals surface area contributed by atoms with Gasteiger partial charge < -0.3 is 10.4 Å². The molecule has 1 atom stereocenters. The lowest BCUT2D eigenvalue weighted by atomic mass is 10.1. The van der Waals surface area contributed by atoms with Crippen molar-refractivity contribution < 1.29 is 23.5 Å². The van der Waals surface area contributed by atoms with Crippen LogP contribution in [0.15, 0.2) is 36.5 Å². The lowest BCUT2D eigenvalue weighted by Crippen LogP contribution is -2.42. The number of aliphatic carboxylic acids is 1. The first kappa shape index (κ1) is 18.6. The minimum atomic E-state index is -2.83. The number of hydrogen-bond donors (Lipinski definition) is 2. The zero-order valence-electron chi connectivity index (χ0n) is 13.7. The van der Waals surface area contributed by atoms with E-state index in [2.05, 4.69) is 10.4 Å². The fraction of sp³-hybridized carbons (Fsp3) is 0.353. The number of rotatable bonds is 8. The van der Waals surface area contributed by atoms with E-state index in [1.807, 2.05) is 37.3 Å². The van der Waals surface area contributed by atoms with Crippen LogP contribution in [-0.2, 0) is 11.2 Å². The van der Waals surface area contributed by atoms with Crippen molar-refractivity contribution >= 4 is 11.9 Å². The highest BCUT2D eigenvalue weighted by Gasteiger charge is 2.26. The molecule has 25 heavy (non-hydrogen) atoms. The van der Waals surface area contributed by atoms with Gasteiger partial charge in [-0.1, -0.05) is 31.5 Å². The van der Waals surface area contributed by atoms with Crippen LogP contribution in [0, 0.1) is 0 Å². The highest BCUT2D eigenvalue weighted by atomic mass is 19.3. The third-order valence-electron chi connectivity index (χ3n) is 3.62. The summed E-state index contributed by atoms with van der Waals surface area (Å²) in [6.07, 6.45) is -1.18. The van der Waals surface area contributed by atoms with Crippen molar-refractivity contribution in [3.63, 3.8) is 0 Å². The van der Waals surface area contributed by atoms with Gasteiger partial charge in [0, 0.05) is 6.42 Å². The fourth-order valence-corrected chi connectivity index (χ4v) is 2.47. The van der Waals surface area contributed by atoms with E-state index in [1.165, 1.54) is 6.20 Å². The van der Waals surface area contributed by atoms with Crippen molar-refractivity contribution in [3.8, 4) is 5.69 Å². The average Bonchev–Trinajstić information content (AvgIpc) is 2.98. The molecule has 0 saturated carbocycles. The summed E-state index contributed by atoms with van der Waals surface area (Å²) < 4.78 is 26.6. The topological polar surface area (TPSA) is 84.2 Å². The molecule has 2 N–H and O–H groups in total. The molecule has 0 bridgehead atoms. The summed E-state index contributed by atoms with van der Waals surface area (Å²) >= 11 is 0. The van der Waals surface area contributed by atoms with Gasteiger partial charge in [0.25, 0.3) is 5.91 Å². The standard InChI is InChI=1S/C17H19F2N3O3/c1-2-6-14-12(10-20-22(14)11-7-4-3-5-8-11)16(23)21-13(17(24)25)9-15(18)19/h3-5,7-8,10,13,15H,2,6,9H2,1H3,(H,21,23)(H,24,25). The third-order valence-corrected chi connectivity index (χ3v) is 3.62. The summed E-state index contributed by atoms with van der Waals surface area (Å²) in [6.45, 7) is 1.93. The summed E-state index contributed by atoms with van der Waals surface area (Å²) in [6, 6.07) is 7.50. The van der Waals surface area contributed by atoms with Gasteiger partial charge in [-0.15, -0.1) is 0 Å². The molecule has 0 fully saturated rings. The number of amides is 1. The van der Waals surface area contributed by atoms with Crippen molar-refractivity contribution in [2.24, 2.45) is 0 Å². The maximum Gasteiger partial charge on any atom is 0.326 e. The van der Waals surface area contributed by atoms with E-state index in [4.69, 9.17) is 5.11 Å². The largest absolute Gasteiger partial charge is 0.480 e. The monoisotopic (exact) mass is 351 g/mol. The van der Waals surface area contributed by atoms with Crippen LogP contribution in [0.4, 0.5) is 8.78 Å². The van der Waals surface area contributed by atoms with Gasteiger partial charge in [0.05, 0.1) is 23.1 Å². The number of aromatic nitrogens is 2. The first-order valence-electron chi connectivity index (χ1n) is 7.88. The molecule has 0 aliphatic heterocycles. The lowest BCUT2D eigenvalue weighted by molar-refractivity contribution is -0.140. The summed E-state index contributed by atoms with van der Waals surface area (Å²) in [4.78, 5) is 23.5. The van der Waals surface area contributed by atoms with Crippen LogP contribution in [-0.4, -0.2) is 39.2 Å². The number of para-hydroxylation sites is 1. The Kier molecular flexibility index (Phi) is 6.21. The second-order valence-corrected chi connectivity index (χ2v) is 5.49. The quantitative estimate of drug-likeness (QED) is 0.766. The molecule has 1 unspecified atom stereocenters. The molecule has 1 amide bonds. The Bertz CT molecular complexity index is 732. The van der Waals surface area contributed by atoms with E-state index in [-0.39, 0.29) is 5.56 Å². The van der Waals surface area contributed by atoms with Gasteiger partial charge in [0.2, 0.25) is 6.43 Å². The van der Waals surface area contributed by atoms with Gasteiger partial charge in [-0.2, -0.15) is 5.10 Å². The van der Waals surface area contributed by atoms with E-state index >= 15 is 0 Å². The van der Waals surface area contributed by atoms with Crippen LogP contribution in [0.25, 0.3) is 5.69 Å². The first-order valence-corrected chi connectivity index (χ1v) is 7.88. The van der Waals surface area contributed by atoms with E-state index in [0.717, 1.165) is 12.1 Å². The molecule has 2 aromatic rings. The van der Waals surface area contributed by atoms with Crippen molar-refractivity contribution in [2.75, 3.05) is 0 Å². The Labute approximate surface area is 143 Å². The SMILES string of the molecule is CCCc1c(C(=O)NC(CC(F)F)C(=O)O)cnn1-c1ccccc1. The van der Waals surface area contributed by atoms with Crippen molar-refractivity contribution in [2.45, 2.75) is 38.7 Å². The van der Waals surface area contributed by atoms with Gasteiger partial charge in [0.1, 0.15) is 6.04 Å². The number of nitrogens with one attached hydrogen (secondary N) is 1. The first-order chi connectivity index (χ1) is 11.9. The molecule has 0 saturated heterocycles. The Hall–Kier alpha value is -2.77. The predicted molar refractivity (Wildman–Crippen MR) is 87.1 cm³/mol. The number of alkyl halides is 2. The van der Waals surface area contributed by atoms with E-state index < -0.39 is 30.8 Å². The summed E-state index contributed by atoms with van der Waals surface area (Å²) in [5.41, 5.74) is 1.55. The molecule has 134 valence electrons. The van der Waals surface area contributed by atoms with Gasteiger partial charge in [-0.05, 0) is 18.6 Å². The van der Waals surface area contributed by atoms with E-state index in [9.17, 15) is 18.4 Å². The minimum Gasteiger partial charge on any atom is -0.480 e. The number of nitrogens with zero attached hydrogens (tertiary/aromatic N) is 2. The maximum atomic E-state index is 12.5. The van der Waals surface area contributed by atoms with E-state index in [1.54, 1.807) is 4.68 Å². The second-order valence-electron chi connectivity index (χ2n) is 5.49. The number of halogens is 2. The number of carboxylic acids is 1. The molecule has 6 nitrogen and oxygen atoms in total. The molecular weight excluding hydrogens is 332 g/mol. The van der Waals surface area contributed by atoms with Gasteiger partial charge in [-0.3, -0.25) is 4.79 Å². The zero-order valence-corrected chi connectivity index (χ0v) is 13.7. The van der Waals surface area contributed by atoms with Crippen LogP contribution < -0.4 is 5.32 Å². The zero-order chi connectivity index (χ0) is 18.4. The number of carboxylic acid groups (broad SMARTS) is 1. The number of carbonyl (C=O) groups excluding carboxylic acids is 1. The highest BCUT2D eigenvalue weighted by molar-refractivity contribution is 5.97. The van der Waals surface area contributed by atoms with Crippen LogP contribution >= 0.6 is 0 Å². The van der Waals surface area contributed by atoms with E-state index in [0.29, 0.717) is 12.1 Å². The predicted octanol–water partition coefficient (Wildman–Crippen LogP) is 2.66. The number of benzene rings is 1. The summed E-state index contributed by atoms with van der Waals surface area (Å²) in [7, 11) is 0. The van der Waals surface area contributed by atoms with Gasteiger partial charge in [0.15, 0.2) is 0 Å². The summed E-state index contributed by atoms with van der Waals surface area (Å²) in [5.74, 6) is -2.22.